The van der Waals surface area contributed by atoms with Gasteiger partial charge in [-0.1, -0.05) is 26.0 Å². The number of hydrogen-bond acceptors (Lipinski definition) is 3. The van der Waals surface area contributed by atoms with Crippen molar-refractivity contribution in [1.29, 1.82) is 0 Å². The fourth-order valence-corrected chi connectivity index (χ4v) is 2.89. The minimum Gasteiger partial charge on any atom is -0.345 e. The van der Waals surface area contributed by atoms with Gasteiger partial charge in [0.05, 0.1) is 11.4 Å². The van der Waals surface area contributed by atoms with Crippen LogP contribution in [-0.4, -0.2) is 5.71 Å². The van der Waals surface area contributed by atoms with E-state index in [4.69, 9.17) is 0 Å². The van der Waals surface area contributed by atoms with Crippen LogP contribution in [0.3, 0.4) is 0 Å². The molecule has 1 aromatic carbocycles. The lowest BCUT2D eigenvalue weighted by atomic mass is 10.2. The van der Waals surface area contributed by atoms with E-state index in [0.717, 1.165) is 17.1 Å². The Morgan fingerprint density at radius 1 is 1.11 bits per heavy atom. The smallest absolute Gasteiger partial charge is 0.102 e. The molecule has 1 aliphatic heterocycles. The number of benzene rings is 1. The molecule has 1 N–H and O–H groups in total. The van der Waals surface area contributed by atoms with E-state index in [2.05, 4.69) is 36.3 Å². The van der Waals surface area contributed by atoms with E-state index in [1.165, 1.54) is 15.4 Å². The third kappa shape index (κ3) is 2.31. The van der Waals surface area contributed by atoms with Crippen molar-refractivity contribution in [3.8, 4) is 0 Å². The molecule has 1 aromatic heterocycles. The van der Waals surface area contributed by atoms with Crippen LogP contribution in [0.2, 0.25) is 0 Å². The zero-order valence-corrected chi connectivity index (χ0v) is 12.1. The molecule has 2 aromatic rings. The Morgan fingerprint density at radius 3 is 2.61 bits per heavy atom. The Balaban J connectivity index is 0.000000574. The normalized spacial score (nSPS) is 12.1. The molecule has 0 bridgehead atoms. The van der Waals surface area contributed by atoms with Crippen molar-refractivity contribution in [2.24, 2.45) is 4.99 Å². The Bertz CT molecular complexity index is 582. The monoisotopic (exact) mass is 258 g/mol. The summed E-state index contributed by atoms with van der Waals surface area (Å²) in [6.07, 6.45) is 0. The second-order valence-electron chi connectivity index (χ2n) is 3.94. The molecule has 0 fully saturated rings. The van der Waals surface area contributed by atoms with Gasteiger partial charge in [-0.2, -0.15) is 0 Å². The van der Waals surface area contributed by atoms with Crippen LogP contribution < -0.4 is 5.32 Å². The van der Waals surface area contributed by atoms with E-state index >= 15 is 0 Å². The number of rotatable bonds is 0. The summed E-state index contributed by atoms with van der Waals surface area (Å²) >= 11 is 1.78. The van der Waals surface area contributed by atoms with Crippen LogP contribution in [0.1, 0.15) is 31.2 Å². The molecule has 0 spiro atoms. The summed E-state index contributed by atoms with van der Waals surface area (Å²) < 4.78 is 0. The van der Waals surface area contributed by atoms with Crippen molar-refractivity contribution in [2.45, 2.75) is 27.7 Å². The van der Waals surface area contributed by atoms with Crippen molar-refractivity contribution < 1.29 is 0 Å². The number of aryl methyl sites for hydroxylation is 1. The molecule has 2 heterocycles. The van der Waals surface area contributed by atoms with Crippen LogP contribution in [0.25, 0.3) is 0 Å². The molecule has 2 nitrogen and oxygen atoms in total. The van der Waals surface area contributed by atoms with Crippen LogP contribution in [0.15, 0.2) is 35.3 Å². The fourth-order valence-electron chi connectivity index (χ4n) is 1.92. The lowest BCUT2D eigenvalue weighted by Crippen LogP contribution is -1.93. The van der Waals surface area contributed by atoms with Gasteiger partial charge in [0.2, 0.25) is 0 Å². The van der Waals surface area contributed by atoms with Crippen LogP contribution in [0.5, 0.6) is 0 Å². The first kappa shape index (κ1) is 12.8. The summed E-state index contributed by atoms with van der Waals surface area (Å²) in [6.45, 7) is 8.19. The Labute approximate surface area is 112 Å². The highest BCUT2D eigenvalue weighted by atomic mass is 32.1. The molecule has 1 aliphatic rings. The van der Waals surface area contributed by atoms with Gasteiger partial charge in [-0.15, -0.1) is 11.3 Å². The molecule has 3 rings (SSSR count). The summed E-state index contributed by atoms with van der Waals surface area (Å²) in [7, 11) is 0. The molecule has 0 saturated carbocycles. The SMILES string of the molecule is CC.CC1=Nc2ccccc2Nc2sc(C)cc21. The topological polar surface area (TPSA) is 24.4 Å². The number of fused-ring (bicyclic) bond motifs is 2. The second kappa shape index (κ2) is 5.36. The van der Waals surface area contributed by atoms with E-state index in [1.807, 2.05) is 32.0 Å². The number of para-hydroxylation sites is 2. The highest BCUT2D eigenvalue weighted by molar-refractivity contribution is 7.16. The molecular formula is C15H18N2S. The highest BCUT2D eigenvalue weighted by Crippen LogP contribution is 2.38. The first-order valence-corrected chi connectivity index (χ1v) is 7.08. The summed E-state index contributed by atoms with van der Waals surface area (Å²) in [5.41, 5.74) is 4.40. The summed E-state index contributed by atoms with van der Waals surface area (Å²) in [6, 6.07) is 10.3. The number of anilines is 2. The van der Waals surface area contributed by atoms with Gasteiger partial charge in [0.25, 0.3) is 0 Å². The molecule has 0 unspecified atom stereocenters. The summed E-state index contributed by atoms with van der Waals surface area (Å²) in [5.74, 6) is 0. The molecule has 18 heavy (non-hydrogen) atoms. The van der Waals surface area contributed by atoms with E-state index in [-0.39, 0.29) is 0 Å². The summed E-state index contributed by atoms with van der Waals surface area (Å²) in [4.78, 5) is 5.97. The van der Waals surface area contributed by atoms with Crippen molar-refractivity contribution >= 4 is 33.4 Å². The van der Waals surface area contributed by atoms with E-state index < -0.39 is 0 Å². The fraction of sp³-hybridized carbons (Fsp3) is 0.267. The average molecular weight is 258 g/mol. The number of nitrogens with one attached hydrogen (secondary N) is 1. The van der Waals surface area contributed by atoms with Gasteiger partial charge in [0, 0.05) is 16.2 Å². The Kier molecular flexibility index (Phi) is 3.82. The quantitative estimate of drug-likeness (QED) is 0.683. The van der Waals surface area contributed by atoms with E-state index in [9.17, 15) is 0 Å². The molecule has 0 atom stereocenters. The molecule has 0 radical (unpaired) electrons. The van der Waals surface area contributed by atoms with Crippen LogP contribution in [-0.2, 0) is 0 Å². The van der Waals surface area contributed by atoms with Gasteiger partial charge in [-0.3, -0.25) is 4.99 Å². The first-order chi connectivity index (χ1) is 8.74. The number of nitrogens with zero attached hydrogens (tertiary/aromatic N) is 1. The molecule has 0 aliphatic carbocycles. The molecule has 94 valence electrons. The van der Waals surface area contributed by atoms with Gasteiger partial charge in [-0.05, 0) is 32.0 Å². The molecule has 0 saturated heterocycles. The molecular weight excluding hydrogens is 240 g/mol. The largest absolute Gasteiger partial charge is 0.345 e. The van der Waals surface area contributed by atoms with Gasteiger partial charge in [0.1, 0.15) is 5.00 Å². The van der Waals surface area contributed by atoms with Crippen molar-refractivity contribution in [3.63, 3.8) is 0 Å². The third-order valence-corrected chi connectivity index (χ3v) is 3.65. The third-order valence-electron chi connectivity index (χ3n) is 2.69. The Morgan fingerprint density at radius 2 is 1.83 bits per heavy atom. The average Bonchev–Trinajstić information content (AvgIpc) is 2.69. The van der Waals surface area contributed by atoms with Crippen LogP contribution in [0, 0.1) is 6.92 Å². The maximum absolute atomic E-state index is 4.66. The predicted octanol–water partition coefficient (Wildman–Crippen LogP) is 5.28. The minimum absolute atomic E-state index is 1.01. The Hall–Kier alpha value is -1.61. The minimum atomic E-state index is 1.01. The van der Waals surface area contributed by atoms with E-state index in [1.54, 1.807) is 11.3 Å². The van der Waals surface area contributed by atoms with Crippen molar-refractivity contribution in [1.82, 2.24) is 0 Å². The van der Waals surface area contributed by atoms with Crippen LogP contribution >= 0.6 is 11.3 Å². The second-order valence-corrected chi connectivity index (χ2v) is 5.20. The number of thiophene rings is 1. The highest BCUT2D eigenvalue weighted by Gasteiger charge is 2.15. The van der Waals surface area contributed by atoms with Crippen molar-refractivity contribution in [2.75, 3.05) is 5.32 Å². The molecule has 3 heteroatoms. The van der Waals surface area contributed by atoms with E-state index in [0.29, 0.717) is 0 Å². The van der Waals surface area contributed by atoms with Crippen molar-refractivity contribution in [3.05, 3.63) is 40.8 Å². The maximum atomic E-state index is 4.66. The zero-order chi connectivity index (χ0) is 13.1. The van der Waals surface area contributed by atoms with Gasteiger partial charge < -0.3 is 5.32 Å². The van der Waals surface area contributed by atoms with Gasteiger partial charge >= 0.3 is 0 Å². The first-order valence-electron chi connectivity index (χ1n) is 6.26. The zero-order valence-electron chi connectivity index (χ0n) is 11.2. The van der Waals surface area contributed by atoms with Gasteiger partial charge in [-0.25, -0.2) is 0 Å². The van der Waals surface area contributed by atoms with Gasteiger partial charge in [0.15, 0.2) is 0 Å². The maximum Gasteiger partial charge on any atom is 0.102 e. The lowest BCUT2D eigenvalue weighted by molar-refractivity contribution is 1.50. The predicted molar refractivity (Wildman–Crippen MR) is 82.0 cm³/mol. The summed E-state index contributed by atoms with van der Waals surface area (Å²) in [5, 5.41) is 4.66. The lowest BCUT2D eigenvalue weighted by Gasteiger charge is -2.04. The molecule has 0 amide bonds. The number of hydrogen-bond donors (Lipinski definition) is 1. The van der Waals surface area contributed by atoms with Crippen LogP contribution in [0.4, 0.5) is 16.4 Å². The standard InChI is InChI=1S/C13H12N2S.C2H6/c1-8-7-10-9(2)14-11-5-3-4-6-12(11)15-13(10)16-8;1-2/h3-7,15H,1-2H3;1-2H3. The number of aliphatic imine (C=N–C) groups is 1.